The lowest BCUT2D eigenvalue weighted by Crippen LogP contribution is -2.48. The van der Waals surface area contributed by atoms with Crippen LogP contribution in [-0.4, -0.2) is 48.8 Å². The first kappa shape index (κ1) is 17.4. The first-order chi connectivity index (χ1) is 12.6. The van der Waals surface area contributed by atoms with Crippen LogP contribution in [0.4, 0.5) is 0 Å². The van der Waals surface area contributed by atoms with Gasteiger partial charge in [0.25, 0.3) is 0 Å². The summed E-state index contributed by atoms with van der Waals surface area (Å²) >= 11 is 1.60. The summed E-state index contributed by atoms with van der Waals surface area (Å²) in [4.78, 5) is 7.21. The number of sulfonamides is 1. The number of benzene rings is 1. The lowest BCUT2D eigenvalue weighted by Gasteiger charge is -2.33. The lowest BCUT2D eigenvalue weighted by molar-refractivity contribution is 0.181. The third-order valence-corrected chi connectivity index (χ3v) is 7.14. The van der Waals surface area contributed by atoms with Crippen LogP contribution in [0.15, 0.2) is 63.4 Å². The fourth-order valence-corrected chi connectivity index (χ4v) is 5.25. The van der Waals surface area contributed by atoms with Gasteiger partial charge in [0.15, 0.2) is 5.76 Å². The first-order valence-electron chi connectivity index (χ1n) is 8.39. The molecule has 1 fully saturated rings. The van der Waals surface area contributed by atoms with Crippen molar-refractivity contribution in [2.75, 3.05) is 26.2 Å². The molecule has 0 bridgehead atoms. The van der Waals surface area contributed by atoms with E-state index >= 15 is 0 Å². The molecule has 4 rings (SSSR count). The van der Waals surface area contributed by atoms with Gasteiger partial charge in [0.2, 0.25) is 10.0 Å². The first-order valence-corrected chi connectivity index (χ1v) is 10.7. The smallest absolute Gasteiger partial charge is 0.243 e. The number of hydrogen-bond acceptors (Lipinski definition) is 6. The molecule has 2 aromatic heterocycles. The predicted molar refractivity (Wildman–Crippen MR) is 100 cm³/mol. The predicted octanol–water partition coefficient (Wildman–Crippen LogP) is 2.91. The van der Waals surface area contributed by atoms with Gasteiger partial charge in [-0.25, -0.2) is 13.4 Å². The molecule has 136 valence electrons. The van der Waals surface area contributed by atoms with Gasteiger partial charge >= 0.3 is 0 Å². The Kier molecular flexibility index (Phi) is 4.90. The fraction of sp³-hybridized carbons (Fsp3) is 0.278. The largest absolute Gasteiger partial charge is 0.463 e. The van der Waals surface area contributed by atoms with Gasteiger partial charge < -0.3 is 4.42 Å². The van der Waals surface area contributed by atoms with Crippen molar-refractivity contribution in [3.63, 3.8) is 0 Å². The van der Waals surface area contributed by atoms with E-state index in [0.29, 0.717) is 31.1 Å². The lowest BCUT2D eigenvalue weighted by atomic mass is 10.3. The van der Waals surface area contributed by atoms with Crippen molar-refractivity contribution in [2.24, 2.45) is 0 Å². The molecule has 8 heteroatoms. The van der Waals surface area contributed by atoms with Crippen LogP contribution in [-0.2, 0) is 16.6 Å². The van der Waals surface area contributed by atoms with E-state index in [-0.39, 0.29) is 0 Å². The third-order valence-electron chi connectivity index (χ3n) is 4.40. The van der Waals surface area contributed by atoms with Gasteiger partial charge in [0.1, 0.15) is 10.7 Å². The van der Waals surface area contributed by atoms with Crippen LogP contribution < -0.4 is 0 Å². The summed E-state index contributed by atoms with van der Waals surface area (Å²) < 4.78 is 32.3. The van der Waals surface area contributed by atoms with Gasteiger partial charge in [-0.15, -0.1) is 11.3 Å². The highest BCUT2D eigenvalue weighted by atomic mass is 32.2. The number of piperazine rings is 1. The van der Waals surface area contributed by atoms with Crippen LogP contribution in [0.5, 0.6) is 0 Å². The molecular formula is C18H19N3O3S2. The summed E-state index contributed by atoms with van der Waals surface area (Å²) in [5, 5.41) is 3.00. The molecule has 0 amide bonds. The second-order valence-corrected chi connectivity index (χ2v) is 8.98. The zero-order valence-corrected chi connectivity index (χ0v) is 15.7. The van der Waals surface area contributed by atoms with Crippen molar-refractivity contribution in [3.05, 3.63) is 59.1 Å². The zero-order valence-electron chi connectivity index (χ0n) is 14.1. The Bertz CT molecular complexity index is 945. The Morgan fingerprint density at radius 2 is 1.81 bits per heavy atom. The van der Waals surface area contributed by atoms with E-state index < -0.39 is 10.0 Å². The molecule has 1 saturated heterocycles. The van der Waals surface area contributed by atoms with E-state index in [1.54, 1.807) is 46.2 Å². The number of rotatable bonds is 5. The van der Waals surface area contributed by atoms with E-state index in [0.717, 1.165) is 23.0 Å². The van der Waals surface area contributed by atoms with E-state index in [4.69, 9.17) is 4.42 Å². The van der Waals surface area contributed by atoms with E-state index in [9.17, 15) is 8.42 Å². The molecule has 0 spiro atoms. The van der Waals surface area contributed by atoms with Crippen molar-refractivity contribution in [1.29, 1.82) is 0 Å². The molecule has 0 radical (unpaired) electrons. The molecule has 1 aliphatic heterocycles. The maximum Gasteiger partial charge on any atom is 0.243 e. The quantitative estimate of drug-likeness (QED) is 0.671. The Labute approximate surface area is 156 Å². The Hall–Kier alpha value is -2.00. The third kappa shape index (κ3) is 3.59. The molecule has 0 atom stereocenters. The monoisotopic (exact) mass is 389 g/mol. The van der Waals surface area contributed by atoms with Crippen LogP contribution in [0.3, 0.4) is 0 Å². The Morgan fingerprint density at radius 3 is 2.50 bits per heavy atom. The van der Waals surface area contributed by atoms with Crippen LogP contribution >= 0.6 is 11.3 Å². The summed E-state index contributed by atoms with van der Waals surface area (Å²) in [5.74, 6) is 0.770. The maximum absolute atomic E-state index is 12.7. The summed E-state index contributed by atoms with van der Waals surface area (Å²) in [5.41, 5.74) is 0.847. The Balaban J connectivity index is 1.37. The molecule has 1 aromatic carbocycles. The summed E-state index contributed by atoms with van der Waals surface area (Å²) in [6, 6.07) is 12.4. The number of nitrogens with zero attached hydrogens (tertiary/aromatic N) is 3. The van der Waals surface area contributed by atoms with E-state index in [2.05, 4.69) is 9.88 Å². The molecule has 0 unspecified atom stereocenters. The van der Waals surface area contributed by atoms with E-state index in [1.807, 2.05) is 23.6 Å². The summed E-state index contributed by atoms with van der Waals surface area (Å²) in [6.45, 7) is 3.11. The van der Waals surface area contributed by atoms with Gasteiger partial charge in [-0.3, -0.25) is 4.90 Å². The summed E-state index contributed by atoms with van der Waals surface area (Å²) in [6.07, 6.45) is 1.64. The van der Waals surface area contributed by atoms with Gasteiger partial charge in [0.05, 0.1) is 17.7 Å². The number of hydrogen-bond donors (Lipinski definition) is 0. The highest BCUT2D eigenvalue weighted by Crippen LogP contribution is 2.24. The van der Waals surface area contributed by atoms with Crippen molar-refractivity contribution in [2.45, 2.75) is 11.4 Å². The molecule has 0 saturated carbocycles. The second kappa shape index (κ2) is 7.32. The van der Waals surface area contributed by atoms with E-state index in [1.165, 1.54) is 0 Å². The minimum absolute atomic E-state index is 0.358. The second-order valence-electron chi connectivity index (χ2n) is 6.10. The minimum atomic E-state index is -3.40. The number of furan rings is 1. The van der Waals surface area contributed by atoms with Crippen LogP contribution in [0, 0.1) is 0 Å². The van der Waals surface area contributed by atoms with Crippen molar-refractivity contribution in [3.8, 4) is 11.5 Å². The topological polar surface area (TPSA) is 66.7 Å². The highest BCUT2D eigenvalue weighted by molar-refractivity contribution is 7.89. The van der Waals surface area contributed by atoms with Gasteiger partial charge in [-0.2, -0.15) is 4.31 Å². The van der Waals surface area contributed by atoms with Crippen LogP contribution in [0.25, 0.3) is 11.5 Å². The molecule has 6 nitrogen and oxygen atoms in total. The molecule has 0 N–H and O–H groups in total. The SMILES string of the molecule is O=S(=O)(c1ccccc1)N1CCN(Cc2nc(-c3ccco3)cs2)CC1. The van der Waals surface area contributed by atoms with Crippen LogP contribution in [0.2, 0.25) is 0 Å². The van der Waals surface area contributed by atoms with Crippen molar-refractivity contribution < 1.29 is 12.8 Å². The molecule has 26 heavy (non-hydrogen) atoms. The molecule has 1 aliphatic rings. The molecular weight excluding hydrogens is 370 g/mol. The number of thiazole rings is 1. The molecule has 3 aromatic rings. The normalized spacial score (nSPS) is 16.8. The fourth-order valence-electron chi connectivity index (χ4n) is 2.98. The number of aromatic nitrogens is 1. The average molecular weight is 390 g/mol. The van der Waals surface area contributed by atoms with Gasteiger partial charge in [-0.1, -0.05) is 18.2 Å². The maximum atomic E-state index is 12.7. The standard InChI is InChI=1S/C18H19N3O3S2/c22-26(23,15-5-2-1-3-6-15)21-10-8-20(9-11-21)13-18-19-16(14-25-18)17-7-4-12-24-17/h1-7,12,14H,8-11,13H2. The molecule has 3 heterocycles. The minimum Gasteiger partial charge on any atom is -0.463 e. The highest BCUT2D eigenvalue weighted by Gasteiger charge is 2.28. The summed E-state index contributed by atoms with van der Waals surface area (Å²) in [7, 11) is -3.40. The van der Waals surface area contributed by atoms with Crippen molar-refractivity contribution in [1.82, 2.24) is 14.2 Å². The van der Waals surface area contributed by atoms with Crippen molar-refractivity contribution >= 4 is 21.4 Å². The Morgan fingerprint density at radius 1 is 1.04 bits per heavy atom. The zero-order chi connectivity index (χ0) is 18.0. The van der Waals surface area contributed by atoms with Gasteiger partial charge in [0, 0.05) is 31.6 Å². The average Bonchev–Trinajstić information content (AvgIpc) is 3.34. The van der Waals surface area contributed by atoms with Gasteiger partial charge in [-0.05, 0) is 24.3 Å². The van der Waals surface area contributed by atoms with Crippen LogP contribution in [0.1, 0.15) is 5.01 Å². The molecule has 0 aliphatic carbocycles.